The van der Waals surface area contributed by atoms with E-state index in [2.05, 4.69) is 34.4 Å². The number of guanidine groups is 1. The van der Waals surface area contributed by atoms with Gasteiger partial charge in [-0.25, -0.2) is 9.98 Å². The zero-order valence-electron chi connectivity index (χ0n) is 17.2. The number of carbonyl (C=O) groups is 1. The Balaban J connectivity index is 0.00000392. The summed E-state index contributed by atoms with van der Waals surface area (Å²) in [7, 11) is 1.70. The molecule has 28 heavy (non-hydrogen) atoms. The average Bonchev–Trinajstić information content (AvgIpc) is 2.70. The lowest BCUT2D eigenvalue weighted by Gasteiger charge is -2.34. The number of hydrogen-bond acceptors (Lipinski definition) is 4. The van der Waals surface area contributed by atoms with Gasteiger partial charge in [0, 0.05) is 44.9 Å². The molecule has 8 heteroatoms. The molecular weight excluding hydrogens is 469 g/mol. The highest BCUT2D eigenvalue weighted by molar-refractivity contribution is 14.0. The maximum atomic E-state index is 11.6. The van der Waals surface area contributed by atoms with E-state index in [0.717, 1.165) is 50.4 Å². The third kappa shape index (κ3) is 7.81. The number of nitrogens with zero attached hydrogens (tertiary/aromatic N) is 3. The quantitative estimate of drug-likeness (QED) is 0.324. The van der Waals surface area contributed by atoms with Crippen LogP contribution in [0.2, 0.25) is 0 Å². The summed E-state index contributed by atoms with van der Waals surface area (Å²) < 4.78 is 5.73. The number of ether oxygens (including phenoxy) is 1. The summed E-state index contributed by atoms with van der Waals surface area (Å²) in [5.41, 5.74) is 0.996. The Morgan fingerprint density at radius 3 is 2.75 bits per heavy atom. The summed E-state index contributed by atoms with van der Waals surface area (Å²) in [6.07, 6.45) is 5.34. The Kier molecular flexibility index (Phi) is 11.9. The molecule has 2 rings (SSSR count). The van der Waals surface area contributed by atoms with Crippen LogP contribution in [0, 0.1) is 5.92 Å². The first-order valence-electron chi connectivity index (χ1n) is 9.98. The second-order valence-corrected chi connectivity index (χ2v) is 6.79. The van der Waals surface area contributed by atoms with Crippen molar-refractivity contribution in [1.29, 1.82) is 0 Å². The van der Waals surface area contributed by atoms with Crippen LogP contribution < -0.4 is 15.4 Å². The van der Waals surface area contributed by atoms with Crippen molar-refractivity contribution in [2.24, 2.45) is 10.9 Å². The molecule has 7 nitrogen and oxygen atoms in total. The second-order valence-electron chi connectivity index (χ2n) is 6.79. The van der Waals surface area contributed by atoms with Crippen molar-refractivity contribution in [1.82, 2.24) is 20.5 Å². The molecule has 1 aliphatic heterocycles. The minimum Gasteiger partial charge on any atom is -0.477 e. The summed E-state index contributed by atoms with van der Waals surface area (Å²) in [5.74, 6) is 2.17. The van der Waals surface area contributed by atoms with Gasteiger partial charge in [0.1, 0.15) is 0 Å². The van der Waals surface area contributed by atoms with Gasteiger partial charge in [0.2, 0.25) is 11.8 Å². The summed E-state index contributed by atoms with van der Waals surface area (Å²) in [5, 5.41) is 6.11. The minimum atomic E-state index is 0. The van der Waals surface area contributed by atoms with Gasteiger partial charge in [0.15, 0.2) is 5.96 Å². The van der Waals surface area contributed by atoms with Gasteiger partial charge in [0.25, 0.3) is 0 Å². The van der Waals surface area contributed by atoms with E-state index in [0.29, 0.717) is 31.4 Å². The van der Waals surface area contributed by atoms with Gasteiger partial charge in [-0.1, -0.05) is 13.0 Å². The lowest BCUT2D eigenvalue weighted by molar-refractivity contribution is -0.121. The molecule has 0 bridgehead atoms. The molecule has 0 spiro atoms. The summed E-state index contributed by atoms with van der Waals surface area (Å²) in [4.78, 5) is 23.0. The Morgan fingerprint density at radius 2 is 2.11 bits per heavy atom. The number of likely N-dealkylation sites (tertiary alicyclic amines) is 1. The van der Waals surface area contributed by atoms with Crippen LogP contribution in [0.5, 0.6) is 5.88 Å². The predicted molar refractivity (Wildman–Crippen MR) is 123 cm³/mol. The van der Waals surface area contributed by atoms with Crippen LogP contribution in [0.1, 0.15) is 45.1 Å². The highest BCUT2D eigenvalue weighted by Crippen LogP contribution is 2.21. The van der Waals surface area contributed by atoms with Crippen LogP contribution in [0.3, 0.4) is 0 Å². The van der Waals surface area contributed by atoms with Gasteiger partial charge in [-0.15, -0.1) is 24.0 Å². The number of piperidine rings is 1. The minimum absolute atomic E-state index is 0. The molecule has 1 amide bonds. The van der Waals surface area contributed by atoms with Gasteiger partial charge in [-0.05, 0) is 38.2 Å². The van der Waals surface area contributed by atoms with Crippen LogP contribution in [-0.2, 0) is 11.3 Å². The van der Waals surface area contributed by atoms with Crippen LogP contribution in [-0.4, -0.2) is 55.0 Å². The molecule has 2 heterocycles. The first kappa shape index (κ1) is 24.5. The largest absolute Gasteiger partial charge is 0.477 e. The number of halogens is 1. The van der Waals surface area contributed by atoms with Crippen LogP contribution >= 0.6 is 24.0 Å². The van der Waals surface area contributed by atoms with E-state index in [1.807, 2.05) is 12.1 Å². The third-order valence-electron chi connectivity index (χ3n) is 4.69. The van der Waals surface area contributed by atoms with Gasteiger partial charge < -0.3 is 20.3 Å². The summed E-state index contributed by atoms with van der Waals surface area (Å²) in [6.45, 7) is 8.01. The van der Waals surface area contributed by atoms with E-state index < -0.39 is 0 Å². The monoisotopic (exact) mass is 503 g/mol. The molecule has 1 aromatic rings. The molecule has 1 fully saturated rings. The highest BCUT2D eigenvalue weighted by atomic mass is 127. The number of pyridine rings is 1. The Morgan fingerprint density at radius 1 is 1.36 bits per heavy atom. The number of amides is 1. The standard InChI is InChI=1S/C20H33N5O2.HI/c1-4-13-27-19-17(7-6-10-23-19)15-24-20(22-5-2)25-11-8-16(9-12-25)14-18(26)21-3;/h6-7,10,16H,4-5,8-9,11-15H2,1-3H3,(H,21,26)(H,22,24);1H. The van der Waals surface area contributed by atoms with Gasteiger partial charge in [-0.3, -0.25) is 4.79 Å². The molecule has 0 aromatic carbocycles. The lowest BCUT2D eigenvalue weighted by Crippen LogP contribution is -2.46. The fourth-order valence-corrected chi connectivity index (χ4v) is 3.17. The van der Waals surface area contributed by atoms with Gasteiger partial charge >= 0.3 is 0 Å². The van der Waals surface area contributed by atoms with E-state index in [1.54, 1.807) is 13.2 Å². The van der Waals surface area contributed by atoms with Crippen molar-refractivity contribution in [3.63, 3.8) is 0 Å². The molecule has 0 radical (unpaired) electrons. The molecular formula is C20H34IN5O2. The number of rotatable bonds is 8. The summed E-state index contributed by atoms with van der Waals surface area (Å²) >= 11 is 0. The molecule has 158 valence electrons. The molecule has 0 aliphatic carbocycles. The average molecular weight is 503 g/mol. The number of aromatic nitrogens is 1. The SMILES string of the molecule is CCCOc1ncccc1CN=C(NCC)N1CCC(CC(=O)NC)CC1.I. The zero-order valence-corrected chi connectivity index (χ0v) is 19.6. The molecule has 1 saturated heterocycles. The van der Waals surface area contributed by atoms with Gasteiger partial charge in [-0.2, -0.15) is 0 Å². The molecule has 2 N–H and O–H groups in total. The summed E-state index contributed by atoms with van der Waals surface area (Å²) in [6, 6.07) is 3.93. The first-order valence-corrected chi connectivity index (χ1v) is 9.98. The van der Waals surface area contributed by atoms with Crippen molar-refractivity contribution in [2.75, 3.05) is 33.3 Å². The molecule has 1 aliphatic rings. The van der Waals surface area contributed by atoms with E-state index in [1.165, 1.54) is 0 Å². The van der Waals surface area contributed by atoms with Crippen LogP contribution in [0.15, 0.2) is 23.3 Å². The van der Waals surface area contributed by atoms with Crippen LogP contribution in [0.4, 0.5) is 0 Å². The maximum absolute atomic E-state index is 11.6. The molecule has 0 atom stereocenters. The highest BCUT2D eigenvalue weighted by Gasteiger charge is 2.23. The number of carbonyl (C=O) groups excluding carboxylic acids is 1. The van der Waals surface area contributed by atoms with Crippen molar-refractivity contribution >= 4 is 35.8 Å². The lowest BCUT2D eigenvalue weighted by atomic mass is 9.93. The molecule has 0 saturated carbocycles. The first-order chi connectivity index (χ1) is 13.2. The van der Waals surface area contributed by atoms with E-state index in [-0.39, 0.29) is 29.9 Å². The fraction of sp³-hybridized carbons (Fsp3) is 0.650. The number of aliphatic imine (C=N–C) groups is 1. The van der Waals surface area contributed by atoms with Crippen molar-refractivity contribution < 1.29 is 9.53 Å². The topological polar surface area (TPSA) is 78.9 Å². The second kappa shape index (κ2) is 13.6. The predicted octanol–water partition coefficient (Wildman–Crippen LogP) is 2.80. The normalized spacial score (nSPS) is 15.0. The number of nitrogens with one attached hydrogen (secondary N) is 2. The number of hydrogen-bond donors (Lipinski definition) is 2. The van der Waals surface area contributed by atoms with Crippen molar-refractivity contribution in [3.8, 4) is 5.88 Å². The Hall–Kier alpha value is -1.58. The zero-order chi connectivity index (χ0) is 19.5. The molecule has 1 aromatic heterocycles. The maximum Gasteiger partial charge on any atom is 0.220 e. The van der Waals surface area contributed by atoms with Gasteiger partial charge in [0.05, 0.1) is 13.2 Å². The van der Waals surface area contributed by atoms with Crippen LogP contribution in [0.25, 0.3) is 0 Å². The smallest absolute Gasteiger partial charge is 0.220 e. The van der Waals surface area contributed by atoms with E-state index in [4.69, 9.17) is 9.73 Å². The van der Waals surface area contributed by atoms with Crippen molar-refractivity contribution in [3.05, 3.63) is 23.9 Å². The van der Waals surface area contributed by atoms with Crippen molar-refractivity contribution in [2.45, 2.75) is 46.1 Å². The third-order valence-corrected chi connectivity index (χ3v) is 4.69. The fourth-order valence-electron chi connectivity index (χ4n) is 3.17. The Labute approximate surface area is 185 Å². The Bertz CT molecular complexity index is 618. The van der Waals surface area contributed by atoms with E-state index >= 15 is 0 Å². The molecule has 0 unspecified atom stereocenters. The van der Waals surface area contributed by atoms with E-state index in [9.17, 15) is 4.79 Å².